The van der Waals surface area contributed by atoms with Gasteiger partial charge >= 0.3 is 11.4 Å². The lowest BCUT2D eigenvalue weighted by Crippen LogP contribution is -2.40. The minimum atomic E-state index is -0.902. The Balaban J connectivity index is 1.29. The quantitative estimate of drug-likeness (QED) is 0.243. The van der Waals surface area contributed by atoms with E-state index < -0.39 is 46.2 Å². The number of hydrogen-bond donors (Lipinski definition) is 1. The van der Waals surface area contributed by atoms with Gasteiger partial charge < -0.3 is 19.1 Å². The number of Topliss-reactive ketones (excluding diaryl/α,β-unsaturated/α-hetero) is 1. The van der Waals surface area contributed by atoms with Crippen LogP contribution in [0.25, 0.3) is 11.0 Å². The number of benzene rings is 2. The number of fused-ring (bicyclic) bond motifs is 4. The van der Waals surface area contributed by atoms with Crippen LogP contribution in [0.2, 0.25) is 0 Å². The zero-order valence-electron chi connectivity index (χ0n) is 26.4. The molecule has 1 aliphatic heterocycles. The number of ketones is 2. The van der Waals surface area contributed by atoms with E-state index in [-0.39, 0.29) is 54.1 Å². The van der Waals surface area contributed by atoms with Crippen LogP contribution in [0, 0.1) is 5.82 Å². The Kier molecular flexibility index (Phi) is 7.18. The van der Waals surface area contributed by atoms with Gasteiger partial charge in [-0.15, -0.1) is 0 Å². The van der Waals surface area contributed by atoms with Crippen molar-refractivity contribution in [3.8, 4) is 17.2 Å². The van der Waals surface area contributed by atoms with Crippen molar-refractivity contribution in [2.24, 2.45) is 7.05 Å². The van der Waals surface area contributed by atoms with Gasteiger partial charge in [0.2, 0.25) is 0 Å². The summed E-state index contributed by atoms with van der Waals surface area (Å²) in [5, 5.41) is 9.85. The maximum absolute atomic E-state index is 14.6. The molecule has 2 aliphatic carbocycles. The highest BCUT2D eigenvalue weighted by Crippen LogP contribution is 2.50. The first-order chi connectivity index (χ1) is 22.9. The molecule has 0 amide bonds. The number of carbonyl (C=O) groups is 2. The standard InChI is InChI=1S/C34H30FN5O8/c1-16-11-26(42)19-13-23-18(29(30(19)31(16)43)17-5-6-25(41)20(35)12-17)7-10-39-33(45)38(34(46)40(23)39)9-8-21-32(44)37(2)24-15-28(48-4)27(47-3)14-22(24)36-21/h5-7,11-12,14-15,23,29,41H,8-10,13H2,1-4H3/t23-,29+/m1/s1. The van der Waals surface area contributed by atoms with Crippen LogP contribution in [0.1, 0.15) is 36.6 Å². The molecule has 0 bridgehead atoms. The lowest BCUT2D eigenvalue weighted by Gasteiger charge is -2.39. The van der Waals surface area contributed by atoms with Crippen molar-refractivity contribution in [3.05, 3.63) is 113 Å². The van der Waals surface area contributed by atoms with Crippen LogP contribution >= 0.6 is 0 Å². The number of nitrogens with zero attached hydrogens (tertiary/aromatic N) is 5. The smallest absolute Gasteiger partial charge is 0.347 e. The summed E-state index contributed by atoms with van der Waals surface area (Å²) < 4.78 is 30.3. The maximum Gasteiger partial charge on any atom is 0.347 e. The van der Waals surface area contributed by atoms with E-state index in [1.165, 1.54) is 53.3 Å². The van der Waals surface area contributed by atoms with Crippen molar-refractivity contribution in [3.63, 3.8) is 0 Å². The van der Waals surface area contributed by atoms with Gasteiger partial charge in [-0.1, -0.05) is 12.1 Å². The topological polar surface area (TPSA) is 157 Å². The van der Waals surface area contributed by atoms with Crippen molar-refractivity contribution >= 4 is 22.6 Å². The van der Waals surface area contributed by atoms with E-state index in [1.54, 1.807) is 25.3 Å². The highest BCUT2D eigenvalue weighted by molar-refractivity contribution is 6.23. The molecule has 4 aromatic rings. The number of ether oxygens (including phenoxy) is 2. The molecule has 3 heterocycles. The monoisotopic (exact) mass is 655 g/mol. The van der Waals surface area contributed by atoms with Gasteiger partial charge in [0.25, 0.3) is 5.56 Å². The minimum absolute atomic E-state index is 0.0266. The average Bonchev–Trinajstić information content (AvgIpc) is 3.32. The van der Waals surface area contributed by atoms with Crippen molar-refractivity contribution in [1.29, 1.82) is 0 Å². The Morgan fingerprint density at radius 1 is 1.02 bits per heavy atom. The highest BCUT2D eigenvalue weighted by atomic mass is 19.1. The molecule has 3 aliphatic rings. The van der Waals surface area contributed by atoms with E-state index in [4.69, 9.17) is 9.47 Å². The molecule has 246 valence electrons. The Labute approximate surface area is 271 Å². The lowest BCUT2D eigenvalue weighted by atomic mass is 9.68. The molecule has 2 aromatic carbocycles. The normalized spacial score (nSPS) is 18.7. The summed E-state index contributed by atoms with van der Waals surface area (Å²) in [6.07, 6.45) is 2.90. The van der Waals surface area contributed by atoms with Gasteiger partial charge in [0.1, 0.15) is 5.69 Å². The fourth-order valence-corrected chi connectivity index (χ4v) is 7.04. The molecular weight excluding hydrogens is 625 g/mol. The van der Waals surface area contributed by atoms with Crippen LogP contribution in [0.3, 0.4) is 0 Å². The van der Waals surface area contributed by atoms with Crippen molar-refractivity contribution in [2.75, 3.05) is 14.2 Å². The maximum atomic E-state index is 14.6. The zero-order valence-corrected chi connectivity index (χ0v) is 26.4. The number of carbonyl (C=O) groups excluding carboxylic acids is 2. The summed E-state index contributed by atoms with van der Waals surface area (Å²) in [6.45, 7) is 1.35. The summed E-state index contributed by atoms with van der Waals surface area (Å²) in [7, 11) is 4.55. The van der Waals surface area contributed by atoms with E-state index in [0.717, 1.165) is 10.6 Å². The van der Waals surface area contributed by atoms with Gasteiger partial charge in [0, 0.05) is 61.2 Å². The molecule has 0 fully saturated rings. The molecule has 2 atom stereocenters. The number of methoxy groups -OCH3 is 2. The van der Waals surface area contributed by atoms with Crippen molar-refractivity contribution < 1.29 is 28.6 Å². The summed E-state index contributed by atoms with van der Waals surface area (Å²) in [5.41, 5.74) is 0.902. The van der Waals surface area contributed by atoms with Gasteiger partial charge in [0.05, 0.1) is 37.8 Å². The molecule has 0 radical (unpaired) electrons. The molecule has 0 saturated carbocycles. The number of halogens is 1. The molecule has 0 spiro atoms. The summed E-state index contributed by atoms with van der Waals surface area (Å²) >= 11 is 0. The second-order valence-electron chi connectivity index (χ2n) is 12.0. The zero-order chi connectivity index (χ0) is 34.2. The van der Waals surface area contributed by atoms with Gasteiger partial charge in [-0.2, -0.15) is 0 Å². The molecule has 13 nitrogen and oxygen atoms in total. The Morgan fingerprint density at radius 3 is 2.46 bits per heavy atom. The number of aryl methyl sites for hydroxylation is 2. The average molecular weight is 656 g/mol. The Hall–Kier alpha value is -5.79. The van der Waals surface area contributed by atoms with Gasteiger partial charge in [-0.3, -0.25) is 14.4 Å². The van der Waals surface area contributed by atoms with E-state index in [1.807, 2.05) is 0 Å². The van der Waals surface area contributed by atoms with E-state index in [2.05, 4.69) is 4.98 Å². The van der Waals surface area contributed by atoms with Crippen LogP contribution in [-0.4, -0.2) is 54.4 Å². The number of phenolic OH excluding ortho intramolecular Hbond substituents is 1. The summed E-state index contributed by atoms with van der Waals surface area (Å²) in [4.78, 5) is 72.2. The summed E-state index contributed by atoms with van der Waals surface area (Å²) in [6, 6.07) is 6.20. The minimum Gasteiger partial charge on any atom is -0.505 e. The third kappa shape index (κ3) is 4.50. The second-order valence-corrected chi connectivity index (χ2v) is 12.0. The van der Waals surface area contributed by atoms with Gasteiger partial charge in [0.15, 0.2) is 34.6 Å². The van der Waals surface area contributed by atoms with Crippen LogP contribution < -0.4 is 26.4 Å². The first-order valence-electron chi connectivity index (χ1n) is 15.2. The molecule has 0 saturated heterocycles. The SMILES string of the molecule is COc1cc2nc(CCn3c(=O)n4n(c3=O)[C@@H]3CC5=C(C(=O)C(C)=CC5=O)[C@@H](c5ccc(O)c(F)c5)C3=CC4)c(=O)n(C)c2cc1OC. The fourth-order valence-electron chi connectivity index (χ4n) is 7.04. The molecular formula is C34H30FN5O8. The molecule has 0 unspecified atom stereocenters. The van der Waals surface area contributed by atoms with E-state index in [0.29, 0.717) is 33.7 Å². The molecule has 1 N–H and O–H groups in total. The number of rotatable bonds is 6. The number of allylic oxidation sites excluding steroid dienone is 6. The molecule has 7 rings (SSSR count). The first-order valence-corrected chi connectivity index (χ1v) is 15.2. The predicted octanol–water partition coefficient (Wildman–Crippen LogP) is 2.23. The Morgan fingerprint density at radius 2 is 1.75 bits per heavy atom. The second kappa shape index (κ2) is 11.2. The van der Waals surface area contributed by atoms with Crippen LogP contribution in [-0.2, 0) is 36.1 Å². The third-order valence-corrected chi connectivity index (χ3v) is 9.44. The van der Waals surface area contributed by atoms with Crippen LogP contribution in [0.15, 0.2) is 79.2 Å². The van der Waals surface area contributed by atoms with Crippen LogP contribution in [0.5, 0.6) is 17.2 Å². The fraction of sp³-hybridized carbons (Fsp3) is 0.294. The van der Waals surface area contributed by atoms with Gasteiger partial charge in [-0.05, 0) is 36.3 Å². The van der Waals surface area contributed by atoms with Crippen molar-refractivity contribution in [2.45, 2.75) is 44.8 Å². The lowest BCUT2D eigenvalue weighted by molar-refractivity contribution is -0.116. The number of aromatic nitrogens is 5. The molecule has 48 heavy (non-hydrogen) atoms. The van der Waals surface area contributed by atoms with E-state index >= 15 is 0 Å². The highest BCUT2D eigenvalue weighted by Gasteiger charge is 2.45. The third-order valence-electron chi connectivity index (χ3n) is 9.44. The molecule has 14 heteroatoms. The van der Waals surface area contributed by atoms with E-state index in [9.17, 15) is 33.5 Å². The Bertz CT molecular complexity index is 2390. The number of aromatic hydroxyl groups is 1. The van der Waals surface area contributed by atoms with Crippen LogP contribution in [0.4, 0.5) is 4.39 Å². The number of phenols is 1. The largest absolute Gasteiger partial charge is 0.505 e. The van der Waals surface area contributed by atoms with Gasteiger partial charge in [-0.25, -0.2) is 32.9 Å². The number of hydrogen-bond acceptors (Lipinski definition) is 9. The first kappa shape index (κ1) is 30.8. The van der Waals surface area contributed by atoms with Crippen molar-refractivity contribution in [1.82, 2.24) is 23.5 Å². The molecule has 2 aromatic heterocycles. The summed E-state index contributed by atoms with van der Waals surface area (Å²) in [5.74, 6) is -2.29. The predicted molar refractivity (Wildman–Crippen MR) is 170 cm³/mol.